The fourth-order valence-corrected chi connectivity index (χ4v) is 3.49. The molecule has 2 aliphatic carbocycles. The number of nitrogens with one attached hydrogen (secondary N) is 2. The number of hydrogen-bond acceptors (Lipinski definition) is 4. The molecule has 2 aromatic rings. The smallest absolute Gasteiger partial charge is 0.187 e. The monoisotopic (exact) mass is 445 g/mol. The molecule has 0 atom stereocenters. The first-order valence-electron chi connectivity index (χ1n) is 9.75. The summed E-state index contributed by atoms with van der Waals surface area (Å²) in [6, 6.07) is 15.8. The van der Waals surface area contributed by atoms with Gasteiger partial charge in [0.2, 0.25) is 0 Å². The van der Waals surface area contributed by atoms with Crippen LogP contribution in [0, 0.1) is 0 Å². The molecule has 0 unspecified atom stereocenters. The number of hydrogen-bond donors (Lipinski definition) is 2. The van der Waals surface area contributed by atoms with E-state index in [4.69, 9.17) is 0 Å². The second kappa shape index (κ2) is 10.1. The molecule has 0 spiro atoms. The SMILES string of the molecule is O=C1C=Cc2ccccc2C1=CNCCCNC=C1C(=O)C=Cc2ccccc21.[Cu]. The van der Waals surface area contributed by atoms with Crippen LogP contribution in [0.2, 0.25) is 0 Å². The summed E-state index contributed by atoms with van der Waals surface area (Å²) in [5, 5.41) is 6.47. The minimum atomic E-state index is 0. The predicted molar refractivity (Wildman–Crippen MR) is 118 cm³/mol. The third-order valence-corrected chi connectivity index (χ3v) is 5.00. The van der Waals surface area contributed by atoms with Gasteiger partial charge in [0.1, 0.15) is 0 Å². The molecule has 4 rings (SSSR count). The van der Waals surface area contributed by atoms with Crippen LogP contribution in [0.1, 0.15) is 28.7 Å². The standard InChI is InChI=1S/C25H22N2O2.Cu/c28-24-12-10-18-6-1-3-8-20(18)22(24)16-26-14-5-15-27-17-23-21-9-4-2-7-19(21)11-13-25(23)29;/h1-4,6-13,16-17,26-27H,5,14-15H2;. The Bertz CT molecular complexity index is 995. The average molecular weight is 446 g/mol. The number of allylic oxidation sites excluding steroid dienone is 4. The van der Waals surface area contributed by atoms with Crippen molar-refractivity contribution in [3.63, 3.8) is 0 Å². The number of carbonyl (C=O) groups excluding carboxylic acids is 2. The van der Waals surface area contributed by atoms with E-state index in [0.717, 1.165) is 41.8 Å². The van der Waals surface area contributed by atoms with Gasteiger partial charge in [0.15, 0.2) is 11.6 Å². The Morgan fingerprint density at radius 1 is 0.633 bits per heavy atom. The Morgan fingerprint density at radius 3 is 1.53 bits per heavy atom. The van der Waals surface area contributed by atoms with Crippen molar-refractivity contribution in [3.8, 4) is 0 Å². The third kappa shape index (κ3) is 4.70. The molecule has 2 N–H and O–H groups in total. The van der Waals surface area contributed by atoms with Crippen LogP contribution in [0.15, 0.2) is 73.1 Å². The Hall–Kier alpha value is -3.14. The molecule has 0 aliphatic heterocycles. The quantitative estimate of drug-likeness (QED) is 0.403. The van der Waals surface area contributed by atoms with Gasteiger partial charge >= 0.3 is 0 Å². The molecule has 0 fully saturated rings. The number of ketones is 2. The summed E-state index contributed by atoms with van der Waals surface area (Å²) in [6.45, 7) is 1.45. The Labute approximate surface area is 186 Å². The van der Waals surface area contributed by atoms with E-state index in [1.54, 1.807) is 24.6 Å². The van der Waals surface area contributed by atoms with Gasteiger partial charge in [0.25, 0.3) is 0 Å². The van der Waals surface area contributed by atoms with E-state index in [-0.39, 0.29) is 28.6 Å². The second-order valence-electron chi connectivity index (χ2n) is 6.95. The molecular formula is C25H22CuN2O2. The van der Waals surface area contributed by atoms with Crippen LogP contribution in [-0.2, 0) is 26.7 Å². The maximum absolute atomic E-state index is 12.2. The van der Waals surface area contributed by atoms with Gasteiger partial charge in [-0.1, -0.05) is 60.7 Å². The molecule has 0 aromatic heterocycles. The van der Waals surface area contributed by atoms with E-state index in [9.17, 15) is 9.59 Å². The van der Waals surface area contributed by atoms with Gasteiger partial charge in [-0.15, -0.1) is 0 Å². The first kappa shape index (κ1) is 21.6. The van der Waals surface area contributed by atoms with Crippen LogP contribution in [0.5, 0.6) is 0 Å². The van der Waals surface area contributed by atoms with Gasteiger partial charge in [-0.2, -0.15) is 0 Å². The molecule has 0 heterocycles. The van der Waals surface area contributed by atoms with E-state index < -0.39 is 0 Å². The van der Waals surface area contributed by atoms with E-state index >= 15 is 0 Å². The zero-order valence-corrected chi connectivity index (χ0v) is 17.3. The van der Waals surface area contributed by atoms with Crippen molar-refractivity contribution >= 4 is 34.9 Å². The molecule has 2 aromatic carbocycles. The summed E-state index contributed by atoms with van der Waals surface area (Å²) < 4.78 is 0. The van der Waals surface area contributed by atoms with Crippen molar-refractivity contribution < 1.29 is 26.7 Å². The Morgan fingerprint density at radius 2 is 1.07 bits per heavy atom. The maximum atomic E-state index is 12.2. The van der Waals surface area contributed by atoms with Crippen molar-refractivity contribution in [1.29, 1.82) is 0 Å². The Kier molecular flexibility index (Phi) is 7.23. The fraction of sp³-hybridized carbons (Fsp3) is 0.120. The Balaban J connectivity index is 0.00000256. The van der Waals surface area contributed by atoms with Crippen LogP contribution in [0.25, 0.3) is 23.3 Å². The van der Waals surface area contributed by atoms with Gasteiger partial charge < -0.3 is 10.6 Å². The van der Waals surface area contributed by atoms with Gasteiger partial charge in [0, 0.05) is 53.7 Å². The molecule has 30 heavy (non-hydrogen) atoms. The minimum Gasteiger partial charge on any atom is -0.390 e. The molecule has 1 radical (unpaired) electrons. The van der Waals surface area contributed by atoms with Crippen molar-refractivity contribution in [2.75, 3.05) is 13.1 Å². The molecule has 0 saturated carbocycles. The zero-order valence-electron chi connectivity index (χ0n) is 16.3. The summed E-state index contributed by atoms with van der Waals surface area (Å²) in [4.78, 5) is 24.4. The number of rotatable bonds is 6. The first-order chi connectivity index (χ1) is 14.2. The topological polar surface area (TPSA) is 58.2 Å². The maximum Gasteiger partial charge on any atom is 0.187 e. The van der Waals surface area contributed by atoms with Crippen LogP contribution in [0.4, 0.5) is 0 Å². The second-order valence-corrected chi connectivity index (χ2v) is 6.95. The van der Waals surface area contributed by atoms with Crippen LogP contribution in [0.3, 0.4) is 0 Å². The van der Waals surface area contributed by atoms with Gasteiger partial charge in [-0.05, 0) is 40.8 Å². The van der Waals surface area contributed by atoms with E-state index in [1.807, 2.05) is 60.7 Å². The summed E-state index contributed by atoms with van der Waals surface area (Å²) in [5.41, 5.74) is 5.40. The molecule has 0 bridgehead atoms. The largest absolute Gasteiger partial charge is 0.390 e. The predicted octanol–water partition coefficient (Wildman–Crippen LogP) is 3.83. The summed E-state index contributed by atoms with van der Waals surface area (Å²) in [5.74, 6) is 0.0307. The van der Waals surface area contributed by atoms with Gasteiger partial charge in [0.05, 0.1) is 0 Å². The molecule has 4 nitrogen and oxygen atoms in total. The number of fused-ring (bicyclic) bond motifs is 2. The van der Waals surface area contributed by atoms with Crippen LogP contribution < -0.4 is 10.6 Å². The molecule has 0 amide bonds. The van der Waals surface area contributed by atoms with Crippen LogP contribution in [-0.4, -0.2) is 24.7 Å². The number of carbonyl (C=O) groups is 2. The molecule has 0 saturated heterocycles. The van der Waals surface area contributed by atoms with Crippen molar-refractivity contribution in [1.82, 2.24) is 10.6 Å². The fourth-order valence-electron chi connectivity index (χ4n) is 3.49. The average Bonchev–Trinajstić information content (AvgIpc) is 2.75. The zero-order chi connectivity index (χ0) is 20.1. The normalized spacial score (nSPS) is 16.8. The molecular weight excluding hydrogens is 424 g/mol. The van der Waals surface area contributed by atoms with Crippen molar-refractivity contribution in [2.24, 2.45) is 0 Å². The number of benzene rings is 2. The van der Waals surface area contributed by atoms with Crippen molar-refractivity contribution in [3.05, 3.63) is 95.3 Å². The first-order valence-corrected chi connectivity index (χ1v) is 9.75. The minimum absolute atomic E-state index is 0. The van der Waals surface area contributed by atoms with E-state index in [0.29, 0.717) is 11.1 Å². The third-order valence-electron chi connectivity index (χ3n) is 5.00. The summed E-state index contributed by atoms with van der Waals surface area (Å²) in [6.07, 6.45) is 11.4. The van der Waals surface area contributed by atoms with Gasteiger partial charge in [-0.3, -0.25) is 9.59 Å². The summed E-state index contributed by atoms with van der Waals surface area (Å²) >= 11 is 0. The van der Waals surface area contributed by atoms with Crippen LogP contribution >= 0.6 is 0 Å². The molecule has 155 valence electrons. The van der Waals surface area contributed by atoms with Crippen molar-refractivity contribution in [2.45, 2.75) is 6.42 Å². The summed E-state index contributed by atoms with van der Waals surface area (Å²) in [7, 11) is 0. The molecule has 2 aliphatic rings. The molecule has 5 heteroatoms. The van der Waals surface area contributed by atoms with E-state index in [2.05, 4.69) is 10.6 Å². The van der Waals surface area contributed by atoms with E-state index in [1.165, 1.54) is 0 Å². The van der Waals surface area contributed by atoms with Gasteiger partial charge in [-0.25, -0.2) is 0 Å².